The quantitative estimate of drug-likeness (QED) is 0.0290. The van der Waals surface area contributed by atoms with E-state index in [4.69, 9.17) is 9.47 Å². The lowest BCUT2D eigenvalue weighted by molar-refractivity contribution is -0.148. The van der Waals surface area contributed by atoms with E-state index in [1.807, 2.05) is 0 Å². The number of nitrogens with one attached hydrogen (secondary N) is 9. The molecule has 2 aromatic carbocycles. The third-order valence-electron chi connectivity index (χ3n) is 19.6. The van der Waals surface area contributed by atoms with Gasteiger partial charge in [-0.05, 0) is 48.4 Å². The predicted octanol–water partition coefficient (Wildman–Crippen LogP) is -1.52. The average Bonchev–Trinajstić information content (AvgIpc) is 1.66. The molecule has 11 atom stereocenters. The number of nitrogens with zero attached hydrogens (tertiary/aromatic N) is 4. The van der Waals surface area contributed by atoms with Crippen LogP contribution in [0, 0.1) is 23.7 Å². The Morgan fingerprint density at radius 2 is 1.44 bits per heavy atom. The summed E-state index contributed by atoms with van der Waals surface area (Å²) in [6.07, 6.45) is -4.18. The summed E-state index contributed by atoms with van der Waals surface area (Å²) in [5, 5.41) is 53.0. The van der Waals surface area contributed by atoms with Crippen molar-refractivity contribution in [3.05, 3.63) is 71.8 Å². The number of hydrogen-bond acceptors (Lipinski definition) is 22. The Balaban J connectivity index is 1.05. The molecule has 0 aliphatic carbocycles. The largest absolute Gasteiger partial charge is 0.497 e. The monoisotopic (exact) mass is 1540 g/mol. The van der Waals surface area contributed by atoms with Crippen molar-refractivity contribution in [1.29, 1.82) is 0 Å². The summed E-state index contributed by atoms with van der Waals surface area (Å²) in [6.45, 7) is 0.676. The number of aromatic nitrogens is 1. The summed E-state index contributed by atoms with van der Waals surface area (Å²) in [6, 6.07) is 6.07. The standard InChI is InChI=1S/C73H97N13O22S/c1-7-40(2)66-70(104)76-35-61(96)79-51-39-109-71-48(47-18-17-45(107-6)31-49(47)80-71)27-43(53(88)19-20-58(93)81-66)28-55(90)67(41(3)56(91)38-87)82-69(103)52-32-46(37-86(52)72(105)44(29-54(51)89)30-65(100)101)108-73(106)84(5)25-24-83(4)64(99)36-77-68(102)50(26-42-14-10-8-11-15-42)78-60(95)34-75-59(94)33-74-57(92)16-12-9-13-23-85-62(97)21-22-63(85)98/h8,10-11,14-15,17-18,21-22,31,40-41,43-44,46,50-52,56,66-67,80,87,91H,7,9,12-13,16,19-20,23-30,32-39H2,1-6H3,(H,74,92)(H,75,94)(H,76,104)(H,77,102)(H,78,95)(H,79,96)(H,81,93)(H,82,103)(H,100,101)/t40-,41-,43+,44-,46-,50+,51-,52?,56-,66+,67?/m0/s1. The second-order valence-electron chi connectivity index (χ2n) is 27.6. The summed E-state index contributed by atoms with van der Waals surface area (Å²) in [7, 11) is 4.11. The molecule has 109 heavy (non-hydrogen) atoms. The molecule has 1 aromatic heterocycles. The lowest BCUT2D eigenvalue weighted by atomic mass is 9.83. The van der Waals surface area contributed by atoms with Crippen LogP contribution >= 0.6 is 11.8 Å². The molecule has 7 rings (SSSR count). The minimum atomic E-state index is -1.79. The first-order valence-electron chi connectivity index (χ1n) is 36.1. The number of Topliss-reactive ketones (excluding diaryl/α,β-unsaturated/α-hetero) is 3. The molecule has 4 aliphatic rings. The molecule has 1 fully saturated rings. The van der Waals surface area contributed by atoms with E-state index in [9.17, 15) is 82.4 Å². The molecule has 5 heterocycles. The zero-order valence-electron chi connectivity index (χ0n) is 61.7. The second kappa shape index (κ2) is 41.1. The average molecular weight is 1540 g/mol. The van der Waals surface area contributed by atoms with Crippen LogP contribution in [0.15, 0.2) is 65.7 Å². The number of rotatable bonds is 28. The number of thioether (sulfide) groups is 1. The van der Waals surface area contributed by atoms with Gasteiger partial charge in [0.05, 0.1) is 87.5 Å². The van der Waals surface area contributed by atoms with Crippen LogP contribution < -0.4 is 47.3 Å². The zero-order chi connectivity index (χ0) is 79.8. The van der Waals surface area contributed by atoms with E-state index in [-0.39, 0.29) is 44.6 Å². The molecular formula is C73H97N13O22S. The van der Waals surface area contributed by atoms with Gasteiger partial charge in [0, 0.05) is 120 Å². The van der Waals surface area contributed by atoms with Gasteiger partial charge in [0.1, 0.15) is 35.8 Å². The number of aliphatic hydroxyl groups is 2. The predicted molar refractivity (Wildman–Crippen MR) is 389 cm³/mol. The van der Waals surface area contributed by atoms with Gasteiger partial charge < -0.3 is 87.0 Å². The Labute approximate surface area is 632 Å². The molecule has 4 aliphatic heterocycles. The maximum absolute atomic E-state index is 15.2. The number of amides is 13. The molecule has 2 unspecified atom stereocenters. The van der Waals surface area contributed by atoms with Gasteiger partial charge in [0.15, 0.2) is 11.6 Å². The number of aliphatic carboxylic acids is 1. The van der Waals surface area contributed by atoms with Crippen LogP contribution in [-0.2, 0) is 94.3 Å². The lowest BCUT2D eigenvalue weighted by Crippen LogP contribution is -2.56. The fraction of sp³-hybridized carbons (Fsp3) is 0.548. The number of ether oxygens (including phenoxy) is 2. The van der Waals surface area contributed by atoms with Crippen LogP contribution in [0.4, 0.5) is 4.79 Å². The first-order valence-corrected chi connectivity index (χ1v) is 37.1. The first-order chi connectivity index (χ1) is 51.9. The molecule has 2 bridgehead atoms. The molecule has 13 amide bonds. The molecule has 3 aromatic rings. The number of unbranched alkanes of at least 4 members (excludes halogenated alkanes) is 2. The highest BCUT2D eigenvalue weighted by molar-refractivity contribution is 7.99. The number of carboxylic acids is 1. The van der Waals surface area contributed by atoms with E-state index in [0.717, 1.165) is 26.5 Å². The van der Waals surface area contributed by atoms with E-state index in [0.29, 0.717) is 58.5 Å². The SMILES string of the molecule is CC[C@H](C)[C@H]1NC(=O)CCC(=O)[C@H]2CC(=O)C([C@@H](C)[C@@H](O)CO)NC(=O)C3C[C@H](OC(=O)N(C)CCN(C)C(=O)CNC(=O)[C@@H](Cc4ccccc4)NC(=O)CNC(=O)CNC(=O)CCCCCN4C(=O)C=CC4=O)CN3C(=O)[C@H](CC(=O)O)CC(=O)[C@H](CSc3[nH]c4cc(OC)ccc4c3C2)NC(=O)CNC1=O. The normalized spacial score (nSPS) is 21.6. The van der Waals surface area contributed by atoms with Gasteiger partial charge in [-0.25, -0.2) is 4.79 Å². The maximum Gasteiger partial charge on any atom is 0.409 e. The molecule has 35 nitrogen and oxygen atoms in total. The van der Waals surface area contributed by atoms with Crippen molar-refractivity contribution in [2.24, 2.45) is 23.7 Å². The molecule has 0 spiro atoms. The van der Waals surface area contributed by atoms with Crippen molar-refractivity contribution in [1.82, 2.24) is 67.1 Å². The van der Waals surface area contributed by atoms with Crippen molar-refractivity contribution in [3.63, 3.8) is 0 Å². The maximum atomic E-state index is 15.2. The highest BCUT2D eigenvalue weighted by Crippen LogP contribution is 2.37. The summed E-state index contributed by atoms with van der Waals surface area (Å²) in [4.78, 5) is 240. The van der Waals surface area contributed by atoms with E-state index >= 15 is 14.4 Å². The number of fused-ring (bicyclic) bond motifs is 5. The van der Waals surface area contributed by atoms with Gasteiger partial charge in [0.25, 0.3) is 11.8 Å². The summed E-state index contributed by atoms with van der Waals surface area (Å²) in [5.41, 5.74) is 1.54. The van der Waals surface area contributed by atoms with Gasteiger partial charge in [-0.2, -0.15) is 0 Å². The highest BCUT2D eigenvalue weighted by atomic mass is 32.2. The van der Waals surface area contributed by atoms with Crippen LogP contribution in [0.2, 0.25) is 0 Å². The van der Waals surface area contributed by atoms with Gasteiger partial charge in [0.2, 0.25) is 59.1 Å². The van der Waals surface area contributed by atoms with Crippen molar-refractivity contribution in [2.45, 2.75) is 152 Å². The number of carboxylic acid groups (broad SMARTS) is 1. The number of ketones is 3. The Hall–Kier alpha value is -10.6. The van der Waals surface area contributed by atoms with Crippen molar-refractivity contribution >= 4 is 123 Å². The van der Waals surface area contributed by atoms with Crippen molar-refractivity contribution < 1.29 is 106 Å². The minimum absolute atomic E-state index is 0.0431. The van der Waals surface area contributed by atoms with Gasteiger partial charge >= 0.3 is 12.1 Å². The smallest absolute Gasteiger partial charge is 0.409 e. The van der Waals surface area contributed by atoms with E-state index in [1.165, 1.54) is 45.2 Å². The summed E-state index contributed by atoms with van der Waals surface area (Å²) in [5.74, 6) is -17.5. The highest BCUT2D eigenvalue weighted by Gasteiger charge is 2.47. The lowest BCUT2D eigenvalue weighted by Gasteiger charge is -2.32. The summed E-state index contributed by atoms with van der Waals surface area (Å²) < 4.78 is 11.4. The zero-order valence-corrected chi connectivity index (χ0v) is 62.5. The van der Waals surface area contributed by atoms with Gasteiger partial charge in [-0.1, -0.05) is 63.9 Å². The number of carbonyl (C=O) groups excluding carboxylic acids is 16. The van der Waals surface area contributed by atoms with E-state index in [2.05, 4.69) is 47.5 Å². The molecule has 0 radical (unpaired) electrons. The van der Waals surface area contributed by atoms with Crippen LogP contribution in [0.1, 0.15) is 103 Å². The molecule has 1 saturated heterocycles. The number of likely N-dealkylation sites (N-methyl/N-ethyl adjacent to an activating group) is 2. The third-order valence-corrected chi connectivity index (χ3v) is 20.7. The van der Waals surface area contributed by atoms with E-state index < -0.39 is 244 Å². The molecule has 592 valence electrons. The van der Waals surface area contributed by atoms with Crippen LogP contribution in [-0.4, -0.2) is 269 Å². The van der Waals surface area contributed by atoms with Gasteiger partial charge in [-0.3, -0.25) is 81.6 Å². The Morgan fingerprint density at radius 1 is 0.743 bits per heavy atom. The number of methoxy groups -OCH3 is 1. The first kappa shape index (κ1) is 85.6. The molecular weight excluding hydrogens is 1440 g/mol. The Kier molecular flexibility index (Phi) is 32.3. The Morgan fingerprint density at radius 3 is 2.13 bits per heavy atom. The number of imide groups is 1. The topological polar surface area (TPSA) is 494 Å². The number of H-pyrrole nitrogens is 1. The van der Waals surface area contributed by atoms with Crippen molar-refractivity contribution in [2.75, 3.05) is 85.9 Å². The van der Waals surface area contributed by atoms with Gasteiger partial charge in [-0.15, -0.1) is 11.8 Å². The second-order valence-corrected chi connectivity index (χ2v) is 28.6. The number of carbonyl (C=O) groups is 17. The molecule has 0 saturated carbocycles. The van der Waals surface area contributed by atoms with Crippen LogP contribution in [0.25, 0.3) is 10.9 Å². The number of hydrogen-bond donors (Lipinski definition) is 12. The third kappa shape index (κ3) is 25.0. The van der Waals surface area contributed by atoms with Crippen molar-refractivity contribution in [3.8, 4) is 5.75 Å². The number of aliphatic hydroxyl groups excluding tert-OH is 2. The molecule has 36 heteroatoms. The fourth-order valence-electron chi connectivity index (χ4n) is 12.8. The van der Waals surface area contributed by atoms with Crippen LogP contribution in [0.5, 0.6) is 5.75 Å². The Bertz CT molecular complexity index is 3910. The number of benzene rings is 2. The molecule has 12 N–H and O–H groups in total. The number of aromatic amines is 1. The van der Waals surface area contributed by atoms with E-state index in [1.54, 1.807) is 62.4 Å². The minimum Gasteiger partial charge on any atom is -0.497 e. The summed E-state index contributed by atoms with van der Waals surface area (Å²) >= 11 is 0.996. The fourth-order valence-corrected chi connectivity index (χ4v) is 14.0. The van der Waals surface area contributed by atoms with Crippen LogP contribution in [0.3, 0.4) is 0 Å².